The third-order valence-corrected chi connectivity index (χ3v) is 3.33. The van der Waals surface area contributed by atoms with Crippen LogP contribution in [0.5, 0.6) is 0 Å². The van der Waals surface area contributed by atoms with Gasteiger partial charge in [-0.2, -0.15) is 13.2 Å². The van der Waals surface area contributed by atoms with Crippen LogP contribution in [0.2, 0.25) is 0 Å². The van der Waals surface area contributed by atoms with E-state index >= 15 is 0 Å². The van der Waals surface area contributed by atoms with Crippen molar-refractivity contribution in [1.82, 2.24) is 10.3 Å². The first-order valence-electron chi connectivity index (χ1n) is 5.26. The molecule has 1 aliphatic rings. The maximum absolute atomic E-state index is 12.0. The first kappa shape index (κ1) is 11.9. The number of halogens is 3. The van der Waals surface area contributed by atoms with Crippen LogP contribution in [0, 0.1) is 0 Å². The fourth-order valence-corrected chi connectivity index (χ4v) is 2.13. The number of thiazole rings is 1. The van der Waals surface area contributed by atoms with E-state index in [1.54, 1.807) is 0 Å². The summed E-state index contributed by atoms with van der Waals surface area (Å²) in [6.45, 7) is 0.674. The molecule has 1 aromatic heterocycles. The van der Waals surface area contributed by atoms with E-state index in [2.05, 4.69) is 10.3 Å². The highest BCUT2D eigenvalue weighted by molar-refractivity contribution is 7.09. The van der Waals surface area contributed by atoms with Crippen LogP contribution < -0.4 is 5.32 Å². The van der Waals surface area contributed by atoms with E-state index in [-0.39, 0.29) is 6.42 Å². The van der Waals surface area contributed by atoms with E-state index in [9.17, 15) is 13.2 Å². The van der Waals surface area contributed by atoms with E-state index < -0.39 is 12.6 Å². The molecule has 0 radical (unpaired) electrons. The van der Waals surface area contributed by atoms with Gasteiger partial charge in [-0.1, -0.05) is 0 Å². The number of rotatable bonds is 5. The van der Waals surface area contributed by atoms with Crippen molar-refractivity contribution in [1.29, 1.82) is 0 Å². The standard InChI is InChI=1S/C10H13F3N2S/c11-10(12,13)4-3-9-15-8(6-16-9)5-14-7-1-2-7/h6-7,14H,1-5H2. The molecule has 0 spiro atoms. The quantitative estimate of drug-likeness (QED) is 0.869. The zero-order valence-electron chi connectivity index (χ0n) is 8.68. The second kappa shape index (κ2) is 4.71. The average Bonchev–Trinajstić information content (AvgIpc) is 2.91. The molecule has 2 rings (SSSR count). The van der Waals surface area contributed by atoms with Crippen molar-refractivity contribution in [3.63, 3.8) is 0 Å². The maximum Gasteiger partial charge on any atom is 0.389 e. The molecule has 2 nitrogen and oxygen atoms in total. The predicted octanol–water partition coefficient (Wildman–Crippen LogP) is 2.89. The third-order valence-electron chi connectivity index (χ3n) is 2.37. The van der Waals surface area contributed by atoms with Crippen LogP contribution in [-0.4, -0.2) is 17.2 Å². The fourth-order valence-electron chi connectivity index (χ4n) is 1.33. The highest BCUT2D eigenvalue weighted by Gasteiger charge is 2.27. The summed E-state index contributed by atoms with van der Waals surface area (Å²) in [5, 5.41) is 5.69. The molecule has 1 aromatic rings. The Morgan fingerprint density at radius 3 is 2.81 bits per heavy atom. The predicted molar refractivity (Wildman–Crippen MR) is 56.4 cm³/mol. The lowest BCUT2D eigenvalue weighted by molar-refractivity contribution is -0.134. The Labute approximate surface area is 95.9 Å². The van der Waals surface area contributed by atoms with Crippen molar-refractivity contribution < 1.29 is 13.2 Å². The number of hydrogen-bond donors (Lipinski definition) is 1. The Morgan fingerprint density at radius 2 is 2.19 bits per heavy atom. The van der Waals surface area contributed by atoms with Crippen LogP contribution in [0.3, 0.4) is 0 Å². The van der Waals surface area contributed by atoms with E-state index in [4.69, 9.17) is 0 Å². The van der Waals surface area contributed by atoms with E-state index in [0.29, 0.717) is 17.6 Å². The molecule has 0 aromatic carbocycles. The first-order valence-corrected chi connectivity index (χ1v) is 6.14. The monoisotopic (exact) mass is 250 g/mol. The second-order valence-corrected chi connectivity index (χ2v) is 4.95. The van der Waals surface area contributed by atoms with Gasteiger partial charge in [0.25, 0.3) is 0 Å². The van der Waals surface area contributed by atoms with Gasteiger partial charge in [0, 0.05) is 30.8 Å². The van der Waals surface area contributed by atoms with Gasteiger partial charge >= 0.3 is 6.18 Å². The Kier molecular flexibility index (Phi) is 3.49. The lowest BCUT2D eigenvalue weighted by Gasteiger charge is -2.03. The molecule has 1 N–H and O–H groups in total. The topological polar surface area (TPSA) is 24.9 Å². The largest absolute Gasteiger partial charge is 0.389 e. The molecule has 1 aliphatic carbocycles. The molecule has 6 heteroatoms. The van der Waals surface area contributed by atoms with Gasteiger partial charge in [0.05, 0.1) is 10.7 Å². The normalized spacial score (nSPS) is 16.7. The molecular formula is C10H13F3N2S. The minimum Gasteiger partial charge on any atom is -0.308 e. The molecular weight excluding hydrogens is 237 g/mol. The Bertz CT molecular complexity index is 344. The summed E-state index contributed by atoms with van der Waals surface area (Å²) in [5.74, 6) is 0. The van der Waals surface area contributed by atoms with Gasteiger partial charge in [-0.15, -0.1) is 11.3 Å². The van der Waals surface area contributed by atoms with E-state index in [1.807, 2.05) is 5.38 Å². The highest BCUT2D eigenvalue weighted by Crippen LogP contribution is 2.24. The molecule has 16 heavy (non-hydrogen) atoms. The Hall–Kier alpha value is -0.620. The number of nitrogens with zero attached hydrogens (tertiary/aromatic N) is 1. The van der Waals surface area contributed by atoms with Gasteiger partial charge in [-0.3, -0.25) is 0 Å². The highest BCUT2D eigenvalue weighted by atomic mass is 32.1. The number of aryl methyl sites for hydroxylation is 1. The van der Waals surface area contributed by atoms with Crippen LogP contribution in [-0.2, 0) is 13.0 Å². The average molecular weight is 250 g/mol. The van der Waals surface area contributed by atoms with Gasteiger partial charge in [-0.25, -0.2) is 4.98 Å². The minimum atomic E-state index is -4.09. The molecule has 0 bridgehead atoms. The second-order valence-electron chi connectivity index (χ2n) is 4.00. The smallest absolute Gasteiger partial charge is 0.308 e. The van der Waals surface area contributed by atoms with Crippen molar-refractivity contribution in [2.75, 3.05) is 0 Å². The number of aromatic nitrogens is 1. The van der Waals surface area contributed by atoms with Crippen LogP contribution in [0.25, 0.3) is 0 Å². The number of hydrogen-bond acceptors (Lipinski definition) is 3. The Morgan fingerprint density at radius 1 is 1.44 bits per heavy atom. The zero-order chi connectivity index (χ0) is 11.6. The summed E-state index contributed by atoms with van der Waals surface area (Å²) in [6, 6.07) is 0.598. The molecule has 1 saturated carbocycles. The summed E-state index contributed by atoms with van der Waals surface area (Å²) in [5.41, 5.74) is 0.856. The first-order chi connectivity index (χ1) is 7.53. The summed E-state index contributed by atoms with van der Waals surface area (Å²) in [7, 11) is 0. The summed E-state index contributed by atoms with van der Waals surface area (Å²) in [6.07, 6.45) is -2.47. The van der Waals surface area contributed by atoms with Gasteiger partial charge < -0.3 is 5.32 Å². The van der Waals surface area contributed by atoms with E-state index in [0.717, 1.165) is 5.69 Å². The summed E-state index contributed by atoms with van der Waals surface area (Å²) in [4.78, 5) is 4.17. The zero-order valence-corrected chi connectivity index (χ0v) is 9.50. The third kappa shape index (κ3) is 4.09. The number of alkyl halides is 3. The molecule has 0 amide bonds. The number of nitrogens with one attached hydrogen (secondary N) is 1. The lowest BCUT2D eigenvalue weighted by atomic mass is 10.3. The minimum absolute atomic E-state index is 0.00239. The van der Waals surface area contributed by atoms with Crippen molar-refractivity contribution in [2.45, 2.75) is 44.4 Å². The van der Waals surface area contributed by atoms with Crippen LogP contribution in [0.15, 0.2) is 5.38 Å². The lowest BCUT2D eigenvalue weighted by Crippen LogP contribution is -2.15. The van der Waals surface area contributed by atoms with Gasteiger partial charge in [0.2, 0.25) is 0 Å². The molecule has 0 saturated heterocycles. The molecule has 1 heterocycles. The van der Waals surface area contributed by atoms with Crippen LogP contribution >= 0.6 is 11.3 Å². The van der Waals surface area contributed by atoms with Crippen molar-refractivity contribution in [2.24, 2.45) is 0 Å². The summed E-state index contributed by atoms with van der Waals surface area (Å²) >= 11 is 1.31. The van der Waals surface area contributed by atoms with Crippen molar-refractivity contribution >= 4 is 11.3 Å². The summed E-state index contributed by atoms with van der Waals surface area (Å²) < 4.78 is 35.9. The van der Waals surface area contributed by atoms with Crippen LogP contribution in [0.1, 0.15) is 30.0 Å². The SMILES string of the molecule is FC(F)(F)CCc1nc(CNC2CC2)cs1. The molecule has 0 aliphatic heterocycles. The van der Waals surface area contributed by atoms with Crippen LogP contribution in [0.4, 0.5) is 13.2 Å². The van der Waals surface area contributed by atoms with Gasteiger partial charge in [0.15, 0.2) is 0 Å². The molecule has 0 atom stereocenters. The molecule has 1 fully saturated rings. The van der Waals surface area contributed by atoms with Crippen molar-refractivity contribution in [3.05, 3.63) is 16.1 Å². The van der Waals surface area contributed by atoms with Gasteiger partial charge in [-0.05, 0) is 12.8 Å². The molecule has 0 unspecified atom stereocenters. The van der Waals surface area contributed by atoms with Gasteiger partial charge in [0.1, 0.15) is 0 Å². The molecule has 90 valence electrons. The maximum atomic E-state index is 12.0. The van der Waals surface area contributed by atoms with E-state index in [1.165, 1.54) is 24.2 Å². The van der Waals surface area contributed by atoms with Crippen molar-refractivity contribution in [3.8, 4) is 0 Å². The fraction of sp³-hybridized carbons (Fsp3) is 0.700. The Balaban J connectivity index is 1.77.